The minimum Gasteiger partial charge on any atom is -0.352 e. The zero-order valence-corrected chi connectivity index (χ0v) is 19.0. The number of carbonyl (C=O) groups is 1. The van der Waals surface area contributed by atoms with E-state index in [2.05, 4.69) is 30.7 Å². The first-order valence-corrected chi connectivity index (χ1v) is 10.5. The van der Waals surface area contributed by atoms with Crippen molar-refractivity contribution in [1.29, 1.82) is 0 Å². The lowest BCUT2D eigenvalue weighted by Crippen LogP contribution is -2.26. The first-order chi connectivity index (χ1) is 15.5. The van der Waals surface area contributed by atoms with E-state index in [0.717, 1.165) is 6.20 Å². The van der Waals surface area contributed by atoms with Crippen LogP contribution in [0.3, 0.4) is 0 Å². The zero-order chi connectivity index (χ0) is 23.9. The fraction of sp³-hybridized carbons (Fsp3) is 0.364. The first kappa shape index (κ1) is 22.3. The van der Waals surface area contributed by atoms with Gasteiger partial charge in [-0.05, 0) is 26.0 Å². The normalized spacial score (nSPS) is 12.0. The van der Waals surface area contributed by atoms with Gasteiger partial charge in [-0.15, -0.1) is 0 Å². The summed E-state index contributed by atoms with van der Waals surface area (Å²) in [5.74, 6) is -0.372. The van der Waals surface area contributed by atoms with Gasteiger partial charge in [-0.3, -0.25) is 9.59 Å². The lowest BCUT2D eigenvalue weighted by molar-refractivity contribution is -0.116. The third-order valence-corrected chi connectivity index (χ3v) is 4.90. The third-order valence-electron chi connectivity index (χ3n) is 4.90. The zero-order valence-electron chi connectivity index (χ0n) is 19.0. The van der Waals surface area contributed by atoms with E-state index in [0.29, 0.717) is 22.9 Å². The van der Waals surface area contributed by atoms with E-state index < -0.39 is 11.7 Å². The number of aromatic nitrogens is 6. The van der Waals surface area contributed by atoms with E-state index in [1.807, 2.05) is 34.6 Å². The Labute approximate surface area is 188 Å². The molecule has 4 aromatic heterocycles. The van der Waals surface area contributed by atoms with Crippen molar-refractivity contribution in [3.05, 3.63) is 52.5 Å². The van der Waals surface area contributed by atoms with Crippen LogP contribution in [0, 0.1) is 5.82 Å². The Morgan fingerprint density at radius 2 is 1.94 bits per heavy atom. The molecule has 4 aromatic rings. The maximum absolute atomic E-state index is 13.2. The Morgan fingerprint density at radius 1 is 1.18 bits per heavy atom. The number of halogens is 1. The average molecular weight is 452 g/mol. The third kappa shape index (κ3) is 4.52. The predicted molar refractivity (Wildman–Crippen MR) is 123 cm³/mol. The van der Waals surface area contributed by atoms with Gasteiger partial charge in [0, 0.05) is 23.7 Å². The van der Waals surface area contributed by atoms with Crippen molar-refractivity contribution < 1.29 is 9.18 Å². The van der Waals surface area contributed by atoms with Gasteiger partial charge in [0.25, 0.3) is 5.56 Å². The van der Waals surface area contributed by atoms with E-state index in [9.17, 15) is 14.0 Å². The minimum atomic E-state index is -0.503. The summed E-state index contributed by atoms with van der Waals surface area (Å²) in [7, 11) is 0. The maximum atomic E-state index is 13.2. The largest absolute Gasteiger partial charge is 0.352 e. The number of nitrogens with zero attached hydrogens (tertiary/aromatic N) is 6. The molecule has 0 aliphatic rings. The van der Waals surface area contributed by atoms with E-state index in [-0.39, 0.29) is 34.8 Å². The summed E-state index contributed by atoms with van der Waals surface area (Å²) in [6.45, 7) is 9.67. The maximum Gasteiger partial charge on any atom is 0.285 e. The van der Waals surface area contributed by atoms with E-state index in [1.165, 1.54) is 22.8 Å². The Morgan fingerprint density at radius 3 is 2.58 bits per heavy atom. The Kier molecular flexibility index (Phi) is 5.56. The number of pyridine rings is 1. The molecule has 10 nitrogen and oxygen atoms in total. The average Bonchev–Trinajstić information content (AvgIpc) is 3.19. The van der Waals surface area contributed by atoms with Crippen molar-refractivity contribution in [2.75, 3.05) is 10.6 Å². The van der Waals surface area contributed by atoms with Gasteiger partial charge in [-0.2, -0.15) is 14.6 Å². The molecule has 1 amide bonds. The Balaban J connectivity index is 1.87. The van der Waals surface area contributed by atoms with E-state index in [1.54, 1.807) is 10.6 Å². The molecule has 0 aliphatic heterocycles. The molecule has 0 aromatic carbocycles. The summed E-state index contributed by atoms with van der Waals surface area (Å²) < 4.78 is 16.0. The van der Waals surface area contributed by atoms with Gasteiger partial charge in [-0.25, -0.2) is 14.4 Å². The van der Waals surface area contributed by atoms with Gasteiger partial charge in [0.1, 0.15) is 29.2 Å². The second-order valence-corrected chi connectivity index (χ2v) is 9.08. The number of hydrogen-bond donors (Lipinski definition) is 2. The fourth-order valence-electron chi connectivity index (χ4n) is 3.29. The van der Waals surface area contributed by atoms with E-state index >= 15 is 0 Å². The van der Waals surface area contributed by atoms with Gasteiger partial charge in [0.2, 0.25) is 11.9 Å². The Bertz CT molecular complexity index is 1400. The molecule has 4 heterocycles. The molecule has 172 valence electrons. The number of hydrogen-bond acceptors (Lipinski definition) is 7. The lowest BCUT2D eigenvalue weighted by atomic mass is 9.93. The van der Waals surface area contributed by atoms with Crippen molar-refractivity contribution in [1.82, 2.24) is 29.1 Å². The molecule has 33 heavy (non-hydrogen) atoms. The summed E-state index contributed by atoms with van der Waals surface area (Å²) in [5, 5.41) is 10.5. The molecule has 0 bridgehead atoms. The first-order valence-electron chi connectivity index (χ1n) is 10.5. The number of rotatable bonds is 5. The van der Waals surface area contributed by atoms with Crippen molar-refractivity contribution in [3.8, 4) is 0 Å². The molecule has 0 spiro atoms. The van der Waals surface area contributed by atoms with Crippen LogP contribution >= 0.6 is 0 Å². The number of fused-ring (bicyclic) bond motifs is 2. The number of amides is 1. The van der Waals surface area contributed by atoms with Crippen molar-refractivity contribution in [3.63, 3.8) is 0 Å². The van der Waals surface area contributed by atoms with Gasteiger partial charge in [-0.1, -0.05) is 20.8 Å². The lowest BCUT2D eigenvalue weighted by Gasteiger charge is -2.14. The summed E-state index contributed by atoms with van der Waals surface area (Å²) in [4.78, 5) is 38.7. The van der Waals surface area contributed by atoms with Gasteiger partial charge in [0.15, 0.2) is 5.65 Å². The standard InChI is InChI=1S/C22H25FN8O2/c1-12(2)26-21-25-10-14-19(28-21)30(11-17(32)27-16-7-6-13(23)9-24-16)18-8-15(22(3,4)5)29-31(18)20(14)33/h6-10,12H,11H2,1-5H3,(H,24,27,32)(H,25,26,28). The molecule has 0 fully saturated rings. The van der Waals surface area contributed by atoms with Crippen LogP contribution in [-0.4, -0.2) is 41.1 Å². The van der Waals surface area contributed by atoms with Crippen LogP contribution in [0.25, 0.3) is 16.7 Å². The summed E-state index contributed by atoms with van der Waals surface area (Å²) in [6.07, 6.45) is 2.45. The topological polar surface area (TPSA) is 119 Å². The monoisotopic (exact) mass is 452 g/mol. The second-order valence-electron chi connectivity index (χ2n) is 9.08. The quantitative estimate of drug-likeness (QED) is 0.478. The molecule has 2 N–H and O–H groups in total. The molecule has 4 rings (SSSR count). The van der Waals surface area contributed by atoms with Crippen LogP contribution in [0.1, 0.15) is 40.3 Å². The van der Waals surface area contributed by atoms with Crippen molar-refractivity contribution >= 4 is 34.4 Å². The molecule has 0 radical (unpaired) electrons. The van der Waals surface area contributed by atoms with Crippen LogP contribution in [-0.2, 0) is 16.8 Å². The summed E-state index contributed by atoms with van der Waals surface area (Å²) in [6, 6.07) is 4.43. The van der Waals surface area contributed by atoms with Crippen molar-refractivity contribution in [2.45, 2.75) is 52.6 Å². The highest BCUT2D eigenvalue weighted by Gasteiger charge is 2.23. The van der Waals surface area contributed by atoms with Crippen LogP contribution in [0.15, 0.2) is 35.4 Å². The molecular weight excluding hydrogens is 427 g/mol. The smallest absolute Gasteiger partial charge is 0.285 e. The van der Waals surface area contributed by atoms with Crippen molar-refractivity contribution in [2.24, 2.45) is 0 Å². The van der Waals surface area contributed by atoms with E-state index in [4.69, 9.17) is 0 Å². The fourth-order valence-corrected chi connectivity index (χ4v) is 3.29. The molecule has 11 heteroatoms. The Hall–Kier alpha value is -3.89. The highest BCUT2D eigenvalue weighted by Crippen LogP contribution is 2.23. The highest BCUT2D eigenvalue weighted by atomic mass is 19.1. The second kappa shape index (κ2) is 8.23. The molecule has 0 saturated heterocycles. The molecule has 0 saturated carbocycles. The molecule has 0 aliphatic carbocycles. The van der Waals surface area contributed by atoms with Crippen LogP contribution in [0.2, 0.25) is 0 Å². The number of anilines is 2. The molecule has 0 unspecified atom stereocenters. The van der Waals surface area contributed by atoms with Crippen LogP contribution in [0.5, 0.6) is 0 Å². The summed E-state index contributed by atoms with van der Waals surface area (Å²) >= 11 is 0. The van der Waals surface area contributed by atoms with Gasteiger partial charge >= 0.3 is 0 Å². The molecule has 0 atom stereocenters. The highest BCUT2D eigenvalue weighted by molar-refractivity contribution is 5.91. The minimum absolute atomic E-state index is 0.0710. The predicted octanol–water partition coefficient (Wildman–Crippen LogP) is 2.73. The van der Waals surface area contributed by atoms with Gasteiger partial charge in [0.05, 0.1) is 11.9 Å². The summed E-state index contributed by atoms with van der Waals surface area (Å²) in [5.41, 5.74) is 0.724. The number of carbonyl (C=O) groups excluding carboxylic acids is 1. The SMILES string of the molecule is CC(C)Nc1ncc2c(=O)n3nc(C(C)(C)C)cc3n(CC(=O)Nc3ccc(F)cn3)c2n1. The van der Waals surface area contributed by atoms with Crippen LogP contribution in [0.4, 0.5) is 16.2 Å². The van der Waals surface area contributed by atoms with Gasteiger partial charge < -0.3 is 15.2 Å². The van der Waals surface area contributed by atoms with Crippen LogP contribution < -0.4 is 16.2 Å². The number of nitrogens with one attached hydrogen (secondary N) is 2. The molecular formula is C22H25FN8O2.